The second kappa shape index (κ2) is 7.04. The van der Waals surface area contributed by atoms with Crippen molar-refractivity contribution in [1.82, 2.24) is 15.5 Å². The quantitative estimate of drug-likeness (QED) is 0.761. The number of aryl methyl sites for hydroxylation is 1. The van der Waals surface area contributed by atoms with Crippen LogP contribution in [0.15, 0.2) is 60.7 Å². The maximum absolute atomic E-state index is 12.4. The Hall–Kier alpha value is -3.08. The first-order valence-corrected chi connectivity index (χ1v) is 8.92. The number of nitrogens with zero attached hydrogens (tertiary/aromatic N) is 2. The Labute approximate surface area is 153 Å². The summed E-state index contributed by atoms with van der Waals surface area (Å²) in [5.74, 6) is 0.920. The van der Waals surface area contributed by atoms with Gasteiger partial charge in [-0.05, 0) is 31.0 Å². The Morgan fingerprint density at radius 1 is 1.15 bits per heavy atom. The van der Waals surface area contributed by atoms with E-state index < -0.39 is 0 Å². The van der Waals surface area contributed by atoms with Gasteiger partial charge in [-0.3, -0.25) is 9.89 Å². The van der Waals surface area contributed by atoms with Crippen LogP contribution >= 0.6 is 0 Å². The van der Waals surface area contributed by atoms with Crippen molar-refractivity contribution in [3.05, 3.63) is 71.8 Å². The van der Waals surface area contributed by atoms with Gasteiger partial charge in [-0.2, -0.15) is 5.10 Å². The van der Waals surface area contributed by atoms with Gasteiger partial charge in [0.1, 0.15) is 0 Å². The van der Waals surface area contributed by atoms with Gasteiger partial charge < -0.3 is 10.2 Å². The highest BCUT2D eigenvalue weighted by molar-refractivity contribution is 5.94. The third kappa shape index (κ3) is 3.47. The highest BCUT2D eigenvalue weighted by Crippen LogP contribution is 2.24. The summed E-state index contributed by atoms with van der Waals surface area (Å²) in [5.41, 5.74) is 3.94. The van der Waals surface area contributed by atoms with E-state index in [1.54, 1.807) is 0 Å². The van der Waals surface area contributed by atoms with Crippen LogP contribution < -0.4 is 10.2 Å². The number of aromatic nitrogens is 2. The number of aromatic amines is 1. The first kappa shape index (κ1) is 16.4. The molecular formula is C21H22N4O. The van der Waals surface area contributed by atoms with Gasteiger partial charge in [-0.15, -0.1) is 0 Å². The van der Waals surface area contributed by atoms with Crippen LogP contribution in [-0.4, -0.2) is 35.2 Å². The molecular weight excluding hydrogens is 324 g/mol. The molecule has 1 aromatic heterocycles. The van der Waals surface area contributed by atoms with Crippen molar-refractivity contribution in [2.24, 2.45) is 0 Å². The van der Waals surface area contributed by atoms with Gasteiger partial charge >= 0.3 is 0 Å². The number of hydrogen-bond acceptors (Lipinski definition) is 3. The summed E-state index contributed by atoms with van der Waals surface area (Å²) in [5, 5.41) is 10.7. The summed E-state index contributed by atoms with van der Waals surface area (Å²) in [4.78, 5) is 14.6. The van der Waals surface area contributed by atoms with Crippen molar-refractivity contribution >= 4 is 11.7 Å². The van der Waals surface area contributed by atoms with E-state index in [2.05, 4.69) is 38.6 Å². The van der Waals surface area contributed by atoms with Gasteiger partial charge in [0, 0.05) is 30.8 Å². The van der Waals surface area contributed by atoms with E-state index in [1.165, 1.54) is 0 Å². The van der Waals surface area contributed by atoms with E-state index in [9.17, 15) is 4.79 Å². The molecule has 1 aliphatic heterocycles. The topological polar surface area (TPSA) is 61.0 Å². The second-order valence-electron chi connectivity index (χ2n) is 6.78. The molecule has 1 fully saturated rings. The molecule has 0 saturated carbocycles. The van der Waals surface area contributed by atoms with E-state index >= 15 is 0 Å². The highest BCUT2D eigenvalue weighted by atomic mass is 16.1. The monoisotopic (exact) mass is 346 g/mol. The minimum atomic E-state index is -0.00690. The van der Waals surface area contributed by atoms with E-state index in [1.807, 2.05) is 49.4 Å². The molecule has 132 valence electrons. The van der Waals surface area contributed by atoms with E-state index in [0.29, 0.717) is 0 Å². The summed E-state index contributed by atoms with van der Waals surface area (Å²) in [6, 6.07) is 20.1. The minimum Gasteiger partial charge on any atom is -0.353 e. The molecule has 1 amide bonds. The molecule has 5 nitrogen and oxygen atoms in total. The third-order valence-corrected chi connectivity index (χ3v) is 4.78. The Bertz CT molecular complexity index is 903. The number of carbonyl (C=O) groups excluding carboxylic acids is 1. The molecule has 2 heterocycles. The molecule has 0 radical (unpaired) electrons. The lowest BCUT2D eigenvalue weighted by Crippen LogP contribution is -2.37. The van der Waals surface area contributed by atoms with Gasteiger partial charge in [-0.1, -0.05) is 48.0 Å². The summed E-state index contributed by atoms with van der Waals surface area (Å²) >= 11 is 0. The van der Waals surface area contributed by atoms with E-state index in [4.69, 9.17) is 0 Å². The smallest absolute Gasteiger partial charge is 0.251 e. The predicted octanol–water partition coefficient (Wildman–Crippen LogP) is 3.39. The van der Waals surface area contributed by atoms with Gasteiger partial charge in [0.05, 0.1) is 5.69 Å². The molecule has 2 aromatic carbocycles. The van der Waals surface area contributed by atoms with Crippen LogP contribution in [0.3, 0.4) is 0 Å². The van der Waals surface area contributed by atoms with Crippen molar-refractivity contribution in [2.75, 3.05) is 18.0 Å². The number of anilines is 1. The number of rotatable bonds is 4. The first-order valence-electron chi connectivity index (χ1n) is 8.92. The van der Waals surface area contributed by atoms with Crippen molar-refractivity contribution in [1.29, 1.82) is 0 Å². The van der Waals surface area contributed by atoms with Gasteiger partial charge in [0.15, 0.2) is 5.82 Å². The normalized spacial score (nSPS) is 16.7. The number of nitrogens with one attached hydrogen (secondary N) is 2. The van der Waals surface area contributed by atoms with Crippen LogP contribution in [0.1, 0.15) is 22.3 Å². The molecule has 0 aliphatic carbocycles. The van der Waals surface area contributed by atoms with Crippen LogP contribution in [-0.2, 0) is 0 Å². The van der Waals surface area contributed by atoms with Crippen molar-refractivity contribution < 1.29 is 4.79 Å². The lowest BCUT2D eigenvalue weighted by Gasteiger charge is -2.16. The van der Waals surface area contributed by atoms with Crippen LogP contribution in [0.2, 0.25) is 0 Å². The average Bonchev–Trinajstić information content (AvgIpc) is 3.32. The number of benzene rings is 2. The van der Waals surface area contributed by atoms with Crippen LogP contribution in [0, 0.1) is 6.92 Å². The molecule has 5 heteroatoms. The van der Waals surface area contributed by atoms with Gasteiger partial charge in [0.25, 0.3) is 5.91 Å². The number of carbonyl (C=O) groups is 1. The summed E-state index contributed by atoms with van der Waals surface area (Å²) < 4.78 is 0. The minimum absolute atomic E-state index is 0.00690. The second-order valence-corrected chi connectivity index (χ2v) is 6.78. The SMILES string of the molecule is Cc1cccc(C(=O)NC2CCN(c3cc(-c4ccccc4)[nH]n3)C2)c1. The van der Waals surface area contributed by atoms with Crippen molar-refractivity contribution in [3.63, 3.8) is 0 Å². The zero-order chi connectivity index (χ0) is 17.9. The first-order chi connectivity index (χ1) is 12.7. The lowest BCUT2D eigenvalue weighted by molar-refractivity contribution is 0.0940. The molecule has 1 unspecified atom stereocenters. The molecule has 4 rings (SSSR count). The largest absolute Gasteiger partial charge is 0.353 e. The maximum Gasteiger partial charge on any atom is 0.251 e. The van der Waals surface area contributed by atoms with Crippen molar-refractivity contribution in [2.45, 2.75) is 19.4 Å². The molecule has 0 spiro atoms. The maximum atomic E-state index is 12.4. The molecule has 1 aliphatic rings. The zero-order valence-electron chi connectivity index (χ0n) is 14.8. The van der Waals surface area contributed by atoms with Gasteiger partial charge in [0.2, 0.25) is 0 Å². The number of amides is 1. The fraction of sp³-hybridized carbons (Fsp3) is 0.238. The lowest BCUT2D eigenvalue weighted by atomic mass is 10.1. The molecule has 1 saturated heterocycles. The zero-order valence-corrected chi connectivity index (χ0v) is 14.8. The molecule has 26 heavy (non-hydrogen) atoms. The molecule has 2 N–H and O–H groups in total. The highest BCUT2D eigenvalue weighted by Gasteiger charge is 2.26. The number of H-pyrrole nitrogens is 1. The Morgan fingerprint density at radius 3 is 2.81 bits per heavy atom. The van der Waals surface area contributed by atoms with Crippen LogP contribution in [0.5, 0.6) is 0 Å². The standard InChI is InChI=1S/C21H22N4O/c1-15-6-5-9-17(12-15)21(26)22-18-10-11-25(14-18)20-13-19(23-24-20)16-7-3-2-4-8-16/h2-9,12-13,18H,10-11,14H2,1H3,(H,22,26)(H,23,24). The predicted molar refractivity (Wildman–Crippen MR) is 103 cm³/mol. The fourth-order valence-corrected chi connectivity index (χ4v) is 3.38. The molecule has 0 bridgehead atoms. The Kier molecular flexibility index (Phi) is 4.44. The molecule has 3 aromatic rings. The summed E-state index contributed by atoms with van der Waals surface area (Å²) in [7, 11) is 0. The summed E-state index contributed by atoms with van der Waals surface area (Å²) in [6.07, 6.45) is 0.922. The third-order valence-electron chi connectivity index (χ3n) is 4.78. The Balaban J connectivity index is 1.40. The van der Waals surface area contributed by atoms with Gasteiger partial charge in [-0.25, -0.2) is 0 Å². The molecule has 1 atom stereocenters. The average molecular weight is 346 g/mol. The number of hydrogen-bond donors (Lipinski definition) is 2. The van der Waals surface area contributed by atoms with E-state index in [-0.39, 0.29) is 11.9 Å². The van der Waals surface area contributed by atoms with Crippen molar-refractivity contribution in [3.8, 4) is 11.3 Å². The summed E-state index contributed by atoms with van der Waals surface area (Å²) in [6.45, 7) is 3.66. The van der Waals surface area contributed by atoms with Crippen LogP contribution in [0.25, 0.3) is 11.3 Å². The van der Waals surface area contributed by atoms with E-state index in [0.717, 1.165) is 47.7 Å². The fourth-order valence-electron chi connectivity index (χ4n) is 3.38. The Morgan fingerprint density at radius 2 is 2.00 bits per heavy atom. The van der Waals surface area contributed by atoms with Crippen LogP contribution in [0.4, 0.5) is 5.82 Å².